The molecule has 1 rings (SSSR count). The monoisotopic (exact) mass is 307 g/mol. The van der Waals surface area contributed by atoms with Crippen molar-refractivity contribution in [2.24, 2.45) is 0 Å². The van der Waals surface area contributed by atoms with E-state index in [4.69, 9.17) is 4.74 Å². The zero-order chi connectivity index (χ0) is 16.4. The Hall–Kier alpha value is -2.08. The van der Waals surface area contributed by atoms with Gasteiger partial charge in [0.15, 0.2) is 0 Å². The van der Waals surface area contributed by atoms with Crippen molar-refractivity contribution >= 4 is 11.9 Å². The second-order valence-corrected chi connectivity index (χ2v) is 5.02. The fourth-order valence-corrected chi connectivity index (χ4v) is 1.84. The van der Waals surface area contributed by atoms with Gasteiger partial charge in [0.1, 0.15) is 5.75 Å². The Kier molecular flexibility index (Phi) is 7.99. The summed E-state index contributed by atoms with van der Waals surface area (Å²) in [6.07, 6.45) is 0.796. The molecule has 6 heteroatoms. The van der Waals surface area contributed by atoms with E-state index >= 15 is 0 Å². The second kappa shape index (κ2) is 9.78. The van der Waals surface area contributed by atoms with Gasteiger partial charge in [-0.3, -0.25) is 15.0 Å². The lowest BCUT2D eigenvalue weighted by Gasteiger charge is -2.23. The highest BCUT2D eigenvalue weighted by atomic mass is 16.5. The molecule has 1 aromatic rings. The number of rotatable bonds is 8. The van der Waals surface area contributed by atoms with Crippen LogP contribution >= 0.6 is 0 Å². The number of carbonyl (C=O) groups is 2. The molecule has 0 saturated carbocycles. The van der Waals surface area contributed by atoms with Crippen LogP contribution in [-0.4, -0.2) is 49.6 Å². The lowest BCUT2D eigenvalue weighted by Crippen LogP contribution is -2.48. The number of carbonyl (C=O) groups excluding carboxylic acids is 2. The quantitative estimate of drug-likeness (QED) is 0.716. The molecule has 1 atom stereocenters. The summed E-state index contributed by atoms with van der Waals surface area (Å²) in [6, 6.07) is 8.78. The van der Waals surface area contributed by atoms with Gasteiger partial charge in [-0.05, 0) is 39.4 Å². The summed E-state index contributed by atoms with van der Waals surface area (Å²) in [7, 11) is 1.85. The Labute approximate surface area is 131 Å². The van der Waals surface area contributed by atoms with Crippen molar-refractivity contribution in [3.63, 3.8) is 0 Å². The maximum atomic E-state index is 11.9. The van der Waals surface area contributed by atoms with Gasteiger partial charge in [-0.1, -0.05) is 18.2 Å². The predicted molar refractivity (Wildman–Crippen MR) is 85.9 cm³/mol. The molecule has 0 unspecified atom stereocenters. The van der Waals surface area contributed by atoms with Crippen molar-refractivity contribution in [3.05, 3.63) is 30.3 Å². The fourth-order valence-electron chi connectivity index (χ4n) is 1.84. The van der Waals surface area contributed by atoms with Crippen LogP contribution in [0.5, 0.6) is 5.75 Å². The van der Waals surface area contributed by atoms with Crippen LogP contribution in [0, 0.1) is 0 Å². The van der Waals surface area contributed by atoms with E-state index in [1.807, 2.05) is 42.3 Å². The first-order valence-electron chi connectivity index (χ1n) is 7.51. The Morgan fingerprint density at radius 3 is 2.59 bits per heavy atom. The lowest BCUT2D eigenvalue weighted by molar-refractivity contribution is -0.124. The van der Waals surface area contributed by atoms with Crippen molar-refractivity contribution in [1.29, 1.82) is 0 Å². The number of para-hydroxylation sites is 1. The third-order valence-corrected chi connectivity index (χ3v) is 3.28. The average molecular weight is 307 g/mol. The van der Waals surface area contributed by atoms with Crippen LogP contribution in [0.1, 0.15) is 20.3 Å². The van der Waals surface area contributed by atoms with Gasteiger partial charge in [0, 0.05) is 13.1 Å². The normalized spacial score (nSPS) is 11.8. The summed E-state index contributed by atoms with van der Waals surface area (Å²) < 4.78 is 5.60. The third kappa shape index (κ3) is 6.58. The number of hydrogen-bond acceptors (Lipinski definition) is 4. The number of hydrogen-bond donors (Lipinski definition) is 2. The molecule has 0 heterocycles. The molecule has 122 valence electrons. The first-order chi connectivity index (χ1) is 10.5. The molecule has 0 aliphatic rings. The molecular formula is C16H25N3O3. The van der Waals surface area contributed by atoms with Gasteiger partial charge in [0.05, 0.1) is 12.6 Å². The Morgan fingerprint density at radius 1 is 1.27 bits per heavy atom. The highest BCUT2D eigenvalue weighted by molar-refractivity contribution is 5.96. The van der Waals surface area contributed by atoms with Crippen LogP contribution in [0.3, 0.4) is 0 Å². The van der Waals surface area contributed by atoms with Crippen LogP contribution in [0.15, 0.2) is 30.3 Å². The van der Waals surface area contributed by atoms with Crippen molar-refractivity contribution in [3.8, 4) is 5.75 Å². The maximum Gasteiger partial charge on any atom is 0.321 e. The summed E-state index contributed by atoms with van der Waals surface area (Å²) in [4.78, 5) is 25.1. The van der Waals surface area contributed by atoms with Gasteiger partial charge in [-0.25, -0.2) is 4.79 Å². The molecule has 0 radical (unpaired) electrons. The largest absolute Gasteiger partial charge is 0.494 e. The maximum absolute atomic E-state index is 11.9. The number of ether oxygens (including phenoxy) is 1. The highest BCUT2D eigenvalue weighted by Gasteiger charge is 2.19. The summed E-state index contributed by atoms with van der Waals surface area (Å²) in [6.45, 7) is 5.34. The summed E-state index contributed by atoms with van der Waals surface area (Å²) in [5.74, 6) is 0.532. The molecule has 1 aromatic carbocycles. The number of amides is 3. The van der Waals surface area contributed by atoms with Crippen molar-refractivity contribution in [2.75, 3.05) is 26.7 Å². The van der Waals surface area contributed by atoms with Crippen molar-refractivity contribution in [1.82, 2.24) is 15.5 Å². The number of nitrogens with zero attached hydrogens (tertiary/aromatic N) is 1. The van der Waals surface area contributed by atoms with E-state index in [0.717, 1.165) is 12.2 Å². The van der Waals surface area contributed by atoms with Crippen LogP contribution in [0.4, 0.5) is 4.79 Å². The number of likely N-dealkylation sites (N-methyl/N-ethyl adjacent to an activating group) is 1. The molecule has 0 aliphatic heterocycles. The zero-order valence-corrected chi connectivity index (χ0v) is 13.5. The minimum Gasteiger partial charge on any atom is -0.494 e. The minimum absolute atomic E-state index is 0.308. The molecule has 0 saturated heterocycles. The number of nitrogens with one attached hydrogen (secondary N) is 2. The zero-order valence-electron chi connectivity index (χ0n) is 13.5. The fraction of sp³-hybridized carbons (Fsp3) is 0.500. The lowest BCUT2D eigenvalue weighted by atomic mass is 10.2. The number of urea groups is 1. The van der Waals surface area contributed by atoms with Gasteiger partial charge < -0.3 is 10.1 Å². The van der Waals surface area contributed by atoms with E-state index < -0.39 is 6.03 Å². The van der Waals surface area contributed by atoms with E-state index in [-0.39, 0.29) is 11.9 Å². The molecule has 22 heavy (non-hydrogen) atoms. The van der Waals surface area contributed by atoms with E-state index in [9.17, 15) is 9.59 Å². The molecule has 6 nitrogen and oxygen atoms in total. The molecule has 0 bridgehead atoms. The second-order valence-electron chi connectivity index (χ2n) is 5.02. The van der Waals surface area contributed by atoms with Gasteiger partial charge in [-0.15, -0.1) is 0 Å². The first kappa shape index (κ1) is 18.0. The van der Waals surface area contributed by atoms with Gasteiger partial charge in [0.2, 0.25) is 5.91 Å². The topological polar surface area (TPSA) is 70.7 Å². The summed E-state index contributed by atoms with van der Waals surface area (Å²) >= 11 is 0. The summed E-state index contributed by atoms with van der Waals surface area (Å²) in [5.41, 5.74) is 0. The highest BCUT2D eigenvalue weighted by Crippen LogP contribution is 2.08. The van der Waals surface area contributed by atoms with E-state index in [1.165, 1.54) is 0 Å². The Bertz CT molecular complexity index is 465. The molecular weight excluding hydrogens is 282 g/mol. The third-order valence-electron chi connectivity index (χ3n) is 3.28. The molecule has 0 aromatic heterocycles. The average Bonchev–Trinajstić information content (AvgIpc) is 2.51. The number of benzene rings is 1. The summed E-state index contributed by atoms with van der Waals surface area (Å²) in [5, 5.41) is 4.85. The first-order valence-corrected chi connectivity index (χ1v) is 7.51. The molecule has 0 aliphatic carbocycles. The molecule has 3 amide bonds. The van der Waals surface area contributed by atoms with Crippen LogP contribution in [-0.2, 0) is 4.79 Å². The smallest absolute Gasteiger partial charge is 0.321 e. The Morgan fingerprint density at radius 2 is 1.95 bits per heavy atom. The van der Waals surface area contributed by atoms with Crippen LogP contribution in [0.2, 0.25) is 0 Å². The minimum atomic E-state index is -0.458. The number of imide groups is 1. The van der Waals surface area contributed by atoms with Crippen molar-refractivity contribution in [2.45, 2.75) is 26.3 Å². The van der Waals surface area contributed by atoms with Gasteiger partial charge in [-0.2, -0.15) is 0 Å². The van der Waals surface area contributed by atoms with Crippen molar-refractivity contribution < 1.29 is 14.3 Å². The van der Waals surface area contributed by atoms with Crippen LogP contribution < -0.4 is 15.4 Å². The van der Waals surface area contributed by atoms with E-state index in [1.54, 1.807) is 13.8 Å². The molecule has 0 spiro atoms. The molecule has 2 N–H and O–H groups in total. The van der Waals surface area contributed by atoms with Gasteiger partial charge in [0.25, 0.3) is 0 Å². The van der Waals surface area contributed by atoms with Crippen LogP contribution in [0.25, 0.3) is 0 Å². The van der Waals surface area contributed by atoms with Gasteiger partial charge >= 0.3 is 6.03 Å². The van der Waals surface area contributed by atoms with E-state index in [0.29, 0.717) is 19.7 Å². The van der Waals surface area contributed by atoms with E-state index in [2.05, 4.69) is 10.6 Å². The predicted octanol–water partition coefficient (Wildman–Crippen LogP) is 1.62. The molecule has 0 fully saturated rings. The Balaban J connectivity index is 2.24. The SMILES string of the molecule is CCNC(=O)NC(=O)[C@@H](C)N(C)CCCOc1ccccc1. The standard InChI is InChI=1S/C16H25N3O3/c1-4-17-16(21)18-15(20)13(2)19(3)11-8-12-22-14-9-6-5-7-10-14/h5-7,9-10,13H,4,8,11-12H2,1-3H3,(H2,17,18,20,21)/t13-/m1/s1.